The third-order valence-electron chi connectivity index (χ3n) is 1.04. The standard InChI is InChI=1S/C6H6O3S.Sm/c7-10(8,9)6-4-2-1-3-5-6;/h1-5H,(H,7,8,9);. The maximum absolute atomic E-state index is 10.4. The average molecular weight is 309 g/mol. The molecule has 0 aliphatic rings. The molecule has 0 radical (unpaired) electrons. The molecule has 5 heteroatoms. The summed E-state index contributed by atoms with van der Waals surface area (Å²) >= 11 is 0. The van der Waals surface area contributed by atoms with Crippen molar-refractivity contribution in [1.82, 2.24) is 0 Å². The summed E-state index contributed by atoms with van der Waals surface area (Å²) in [6.07, 6.45) is 0. The third-order valence-corrected chi connectivity index (χ3v) is 1.91. The molecule has 0 fully saturated rings. The van der Waals surface area contributed by atoms with E-state index in [1.165, 1.54) is 12.1 Å². The van der Waals surface area contributed by atoms with Crippen molar-refractivity contribution in [1.29, 1.82) is 0 Å². The van der Waals surface area contributed by atoms with Crippen LogP contribution in [0.3, 0.4) is 0 Å². The van der Waals surface area contributed by atoms with E-state index < -0.39 is 10.1 Å². The molecule has 0 aliphatic carbocycles. The van der Waals surface area contributed by atoms with Gasteiger partial charge in [-0.3, -0.25) is 4.55 Å². The Labute approximate surface area is 97.7 Å². The average Bonchev–Trinajstić information content (AvgIpc) is 1.88. The predicted octanol–water partition coefficient (Wildman–Crippen LogP) is 0.933. The molecule has 0 spiro atoms. The second-order valence-electron chi connectivity index (χ2n) is 1.79. The molecule has 0 saturated carbocycles. The Morgan fingerprint density at radius 1 is 1.09 bits per heavy atom. The maximum atomic E-state index is 10.4. The van der Waals surface area contributed by atoms with Crippen molar-refractivity contribution >= 4 is 10.1 Å². The number of hydrogen-bond acceptors (Lipinski definition) is 2. The molecule has 1 aromatic carbocycles. The fourth-order valence-electron chi connectivity index (χ4n) is 0.592. The van der Waals surface area contributed by atoms with Crippen molar-refractivity contribution in [3.8, 4) is 0 Å². The second-order valence-corrected chi connectivity index (χ2v) is 3.21. The summed E-state index contributed by atoms with van der Waals surface area (Å²) in [5.41, 5.74) is 0. The van der Waals surface area contributed by atoms with E-state index >= 15 is 0 Å². The summed E-state index contributed by atoms with van der Waals surface area (Å²) in [7, 11) is -4.00. The predicted molar refractivity (Wildman–Crippen MR) is 36.3 cm³/mol. The van der Waals surface area contributed by atoms with E-state index in [1.54, 1.807) is 18.2 Å². The van der Waals surface area contributed by atoms with E-state index in [1.807, 2.05) is 0 Å². The molecule has 0 bridgehead atoms. The van der Waals surface area contributed by atoms with Crippen LogP contribution in [0.25, 0.3) is 0 Å². The zero-order valence-corrected chi connectivity index (χ0v) is 8.90. The Morgan fingerprint density at radius 3 is 1.82 bits per heavy atom. The fourth-order valence-corrected chi connectivity index (χ4v) is 1.09. The molecular weight excluding hydrogens is 302 g/mol. The van der Waals surface area contributed by atoms with Crippen LogP contribution in [0.4, 0.5) is 0 Å². The summed E-state index contributed by atoms with van der Waals surface area (Å²) in [6.45, 7) is 0. The SMILES string of the molecule is O=S(=O)(O)c1ccccc1.[Sm]. The molecule has 0 aromatic heterocycles. The van der Waals surface area contributed by atoms with Crippen LogP contribution in [-0.2, 0) is 10.1 Å². The molecule has 0 heterocycles. The van der Waals surface area contributed by atoms with Crippen molar-refractivity contribution in [3.63, 3.8) is 0 Å². The minimum atomic E-state index is -4.00. The zero-order chi connectivity index (χ0) is 7.61. The minimum Gasteiger partial charge on any atom is -0.282 e. The van der Waals surface area contributed by atoms with Crippen LogP contribution in [-0.4, -0.2) is 13.0 Å². The van der Waals surface area contributed by atoms with Crippen molar-refractivity contribution < 1.29 is 53.4 Å². The van der Waals surface area contributed by atoms with Crippen LogP contribution < -0.4 is 0 Å². The van der Waals surface area contributed by atoms with Crippen LogP contribution >= 0.6 is 0 Å². The van der Waals surface area contributed by atoms with Gasteiger partial charge in [-0.05, 0) is 12.1 Å². The summed E-state index contributed by atoms with van der Waals surface area (Å²) in [5.74, 6) is 0. The molecule has 0 atom stereocenters. The largest absolute Gasteiger partial charge is 0.294 e. The Hall–Kier alpha value is 0.468. The topological polar surface area (TPSA) is 54.4 Å². The molecule has 11 heavy (non-hydrogen) atoms. The van der Waals surface area contributed by atoms with Crippen LogP contribution in [0.2, 0.25) is 0 Å². The normalized spacial score (nSPS) is 10.3. The van der Waals surface area contributed by atoms with Crippen molar-refractivity contribution in [2.45, 2.75) is 4.90 Å². The van der Waals surface area contributed by atoms with Crippen LogP contribution in [0.15, 0.2) is 35.2 Å². The van der Waals surface area contributed by atoms with Crippen LogP contribution in [0.5, 0.6) is 0 Å². The summed E-state index contributed by atoms with van der Waals surface area (Å²) < 4.78 is 29.2. The molecule has 0 aliphatic heterocycles. The van der Waals surface area contributed by atoms with E-state index in [9.17, 15) is 8.42 Å². The summed E-state index contributed by atoms with van der Waals surface area (Å²) in [6, 6.07) is 7.42. The first kappa shape index (κ1) is 11.5. The van der Waals surface area contributed by atoms with Crippen molar-refractivity contribution in [2.24, 2.45) is 0 Å². The van der Waals surface area contributed by atoms with Gasteiger partial charge in [0.05, 0.1) is 4.90 Å². The Kier molecular flexibility index (Phi) is 4.67. The number of benzene rings is 1. The van der Waals surface area contributed by atoms with Gasteiger partial charge in [0.25, 0.3) is 10.1 Å². The summed E-state index contributed by atoms with van der Waals surface area (Å²) in [5, 5.41) is 0. The number of hydrogen-bond donors (Lipinski definition) is 1. The van der Waals surface area contributed by atoms with Gasteiger partial charge in [-0.25, -0.2) is 0 Å². The van der Waals surface area contributed by atoms with E-state index in [0.717, 1.165) is 0 Å². The minimum absolute atomic E-state index is 0. The van der Waals surface area contributed by atoms with Gasteiger partial charge in [0, 0.05) is 40.4 Å². The zero-order valence-electron chi connectivity index (χ0n) is 5.47. The first-order chi connectivity index (χ1) is 4.61. The first-order valence-electron chi connectivity index (χ1n) is 2.63. The van der Waals surface area contributed by atoms with Gasteiger partial charge in [0.1, 0.15) is 0 Å². The van der Waals surface area contributed by atoms with Crippen LogP contribution in [0, 0.1) is 40.4 Å². The first-order valence-corrected chi connectivity index (χ1v) is 4.07. The van der Waals surface area contributed by atoms with E-state index in [2.05, 4.69) is 0 Å². The second kappa shape index (κ2) is 4.48. The maximum Gasteiger partial charge on any atom is 0.294 e. The molecular formula is C6H6O3SSm. The molecule has 0 amide bonds. The van der Waals surface area contributed by atoms with Crippen molar-refractivity contribution in [2.75, 3.05) is 0 Å². The quantitative estimate of drug-likeness (QED) is 0.786. The van der Waals surface area contributed by atoms with Gasteiger partial charge in [-0.15, -0.1) is 0 Å². The van der Waals surface area contributed by atoms with Gasteiger partial charge < -0.3 is 0 Å². The molecule has 3 nitrogen and oxygen atoms in total. The van der Waals surface area contributed by atoms with E-state index in [4.69, 9.17) is 4.55 Å². The van der Waals surface area contributed by atoms with E-state index in [-0.39, 0.29) is 45.3 Å². The smallest absolute Gasteiger partial charge is 0.282 e. The molecule has 1 aromatic rings. The number of rotatable bonds is 1. The van der Waals surface area contributed by atoms with Gasteiger partial charge in [0.15, 0.2) is 0 Å². The third kappa shape index (κ3) is 3.59. The van der Waals surface area contributed by atoms with E-state index in [0.29, 0.717) is 0 Å². The van der Waals surface area contributed by atoms with Crippen molar-refractivity contribution in [3.05, 3.63) is 30.3 Å². The Morgan fingerprint density at radius 2 is 1.55 bits per heavy atom. The van der Waals surface area contributed by atoms with Gasteiger partial charge in [0.2, 0.25) is 0 Å². The van der Waals surface area contributed by atoms with Gasteiger partial charge in [-0.1, -0.05) is 18.2 Å². The van der Waals surface area contributed by atoms with Gasteiger partial charge >= 0.3 is 0 Å². The molecule has 0 unspecified atom stereocenters. The Bertz CT molecular complexity index is 306. The molecule has 1 N–H and O–H groups in total. The summed E-state index contributed by atoms with van der Waals surface area (Å²) in [4.78, 5) is -0.0741. The fraction of sp³-hybridized carbons (Fsp3) is 0. The monoisotopic (exact) mass is 310 g/mol. The molecule has 1 rings (SSSR count). The molecule has 0 saturated heterocycles. The van der Waals surface area contributed by atoms with Gasteiger partial charge in [-0.2, -0.15) is 8.42 Å². The van der Waals surface area contributed by atoms with Crippen LogP contribution in [0.1, 0.15) is 0 Å². The molecule has 60 valence electrons. The Balaban J connectivity index is 0.000001000.